The minimum atomic E-state index is -0.588. The Morgan fingerprint density at radius 1 is 1.08 bits per heavy atom. The number of aromatic nitrogens is 3. The van der Waals surface area contributed by atoms with E-state index >= 15 is 0 Å². The first kappa shape index (κ1) is 25.5. The molecule has 1 N–H and O–H groups in total. The first-order valence-corrected chi connectivity index (χ1v) is 14.3. The average Bonchev–Trinajstić information content (AvgIpc) is 3.63. The predicted molar refractivity (Wildman–Crippen MR) is 153 cm³/mol. The molecule has 0 radical (unpaired) electrons. The van der Waals surface area contributed by atoms with Crippen LogP contribution in [-0.4, -0.2) is 38.1 Å². The van der Waals surface area contributed by atoms with Gasteiger partial charge in [-0.05, 0) is 63.6 Å². The van der Waals surface area contributed by atoms with E-state index in [0.717, 1.165) is 57.4 Å². The summed E-state index contributed by atoms with van der Waals surface area (Å²) in [6.45, 7) is 6.28. The molecule has 0 atom stereocenters. The Morgan fingerprint density at radius 2 is 1.85 bits per heavy atom. The van der Waals surface area contributed by atoms with Gasteiger partial charge >= 0.3 is 6.09 Å². The van der Waals surface area contributed by atoms with Crippen LogP contribution in [0.2, 0.25) is 0 Å². The molecule has 0 spiro atoms. The van der Waals surface area contributed by atoms with Crippen molar-refractivity contribution in [2.75, 3.05) is 6.54 Å². The molecule has 2 aromatic heterocycles. The van der Waals surface area contributed by atoms with Crippen molar-refractivity contribution in [2.45, 2.75) is 64.0 Å². The quantitative estimate of drug-likeness (QED) is 0.327. The number of H-pyrrole nitrogens is 1. The summed E-state index contributed by atoms with van der Waals surface area (Å²) < 4.78 is 5.56. The van der Waals surface area contributed by atoms with Crippen LogP contribution < -0.4 is 5.56 Å². The number of thiazole rings is 1. The molecule has 39 heavy (non-hydrogen) atoms. The predicted octanol–water partition coefficient (Wildman–Crippen LogP) is 6.32. The van der Waals surface area contributed by atoms with E-state index in [4.69, 9.17) is 14.7 Å². The largest absolute Gasteiger partial charge is 0.444 e. The van der Waals surface area contributed by atoms with Crippen LogP contribution in [0, 0.1) is 0 Å². The Morgan fingerprint density at radius 3 is 2.59 bits per heavy atom. The Hall–Kier alpha value is -3.78. The van der Waals surface area contributed by atoms with E-state index in [-0.39, 0.29) is 17.5 Å². The van der Waals surface area contributed by atoms with E-state index in [0.29, 0.717) is 18.5 Å². The van der Waals surface area contributed by atoms with Gasteiger partial charge in [0.15, 0.2) is 0 Å². The van der Waals surface area contributed by atoms with Crippen molar-refractivity contribution in [3.63, 3.8) is 0 Å². The van der Waals surface area contributed by atoms with Gasteiger partial charge in [-0.2, -0.15) is 0 Å². The van der Waals surface area contributed by atoms with Crippen LogP contribution in [0.15, 0.2) is 65.6 Å². The third-order valence-corrected chi connectivity index (χ3v) is 8.47. The number of amides is 1. The zero-order valence-electron chi connectivity index (χ0n) is 22.5. The number of carbonyl (C=O) groups is 1. The highest BCUT2D eigenvalue weighted by atomic mass is 32.1. The third-order valence-electron chi connectivity index (χ3n) is 7.37. The minimum absolute atomic E-state index is 0.166. The first-order chi connectivity index (χ1) is 18.7. The second kappa shape index (κ2) is 9.75. The molecule has 2 aliphatic rings. The van der Waals surface area contributed by atoms with Crippen LogP contribution >= 0.6 is 11.3 Å². The molecule has 7 nitrogen and oxygen atoms in total. The molecular weight excluding hydrogens is 508 g/mol. The fourth-order valence-corrected chi connectivity index (χ4v) is 6.13. The van der Waals surface area contributed by atoms with Gasteiger partial charge in [0, 0.05) is 18.3 Å². The van der Waals surface area contributed by atoms with E-state index in [2.05, 4.69) is 41.4 Å². The van der Waals surface area contributed by atoms with Crippen LogP contribution in [0.3, 0.4) is 0 Å². The summed E-state index contributed by atoms with van der Waals surface area (Å²) in [5.74, 6) is 0.721. The smallest absolute Gasteiger partial charge is 0.410 e. The number of aromatic amines is 1. The van der Waals surface area contributed by atoms with Crippen LogP contribution in [0.25, 0.3) is 21.0 Å². The van der Waals surface area contributed by atoms with E-state index in [1.54, 1.807) is 16.2 Å². The Labute approximate surface area is 231 Å². The van der Waals surface area contributed by atoms with Crippen molar-refractivity contribution < 1.29 is 9.53 Å². The second-order valence-corrected chi connectivity index (χ2v) is 12.4. The number of fused-ring (bicyclic) bond motifs is 1. The van der Waals surface area contributed by atoms with Crippen molar-refractivity contribution >= 4 is 17.4 Å². The zero-order valence-corrected chi connectivity index (χ0v) is 23.3. The molecule has 0 saturated heterocycles. The summed E-state index contributed by atoms with van der Waals surface area (Å²) in [6.07, 6.45) is 4.78. The van der Waals surface area contributed by atoms with Gasteiger partial charge in [-0.3, -0.25) is 4.79 Å². The lowest BCUT2D eigenvalue weighted by molar-refractivity contribution is 0.0236. The number of carbonyl (C=O) groups excluding carboxylic acids is 1. The molecule has 3 heterocycles. The van der Waals surface area contributed by atoms with Crippen molar-refractivity contribution in [3.8, 4) is 21.0 Å². The van der Waals surface area contributed by atoms with Crippen molar-refractivity contribution in [1.82, 2.24) is 19.9 Å². The maximum Gasteiger partial charge on any atom is 0.410 e. The summed E-state index contributed by atoms with van der Waals surface area (Å²) in [7, 11) is 0. The average molecular weight is 541 g/mol. The second-order valence-electron chi connectivity index (χ2n) is 11.4. The maximum atomic E-state index is 13.3. The SMILES string of the molecule is CC(C)(C)OC(=O)N1CCCc2nc(C3(c4cccc(-c5ncc(-c6ccccc6)s5)c4)CC3)[nH]c(=O)c2C1. The monoisotopic (exact) mass is 540 g/mol. The molecule has 1 saturated carbocycles. The number of aryl methyl sites for hydroxylation is 1. The summed E-state index contributed by atoms with van der Waals surface area (Å²) in [5, 5.41) is 0.970. The molecule has 4 aromatic rings. The highest BCUT2D eigenvalue weighted by Crippen LogP contribution is 2.52. The molecule has 1 amide bonds. The molecule has 1 aliphatic carbocycles. The van der Waals surface area contributed by atoms with E-state index < -0.39 is 11.7 Å². The lowest BCUT2D eigenvalue weighted by Crippen LogP contribution is -2.37. The number of nitrogens with zero attached hydrogens (tertiary/aromatic N) is 3. The molecule has 0 unspecified atom stereocenters. The number of hydrogen-bond donors (Lipinski definition) is 1. The normalized spacial score (nSPS) is 16.3. The van der Waals surface area contributed by atoms with E-state index in [1.165, 1.54) is 0 Å². The topological polar surface area (TPSA) is 88.2 Å². The fourth-order valence-electron chi connectivity index (χ4n) is 5.21. The van der Waals surface area contributed by atoms with Crippen LogP contribution in [0.1, 0.15) is 62.7 Å². The fraction of sp³-hybridized carbons (Fsp3) is 0.355. The van der Waals surface area contributed by atoms with Gasteiger partial charge in [0.25, 0.3) is 5.56 Å². The Bertz CT molecular complexity index is 1580. The highest BCUT2D eigenvalue weighted by molar-refractivity contribution is 7.18. The molecule has 1 fully saturated rings. The van der Waals surface area contributed by atoms with Gasteiger partial charge in [-0.1, -0.05) is 48.5 Å². The summed E-state index contributed by atoms with van der Waals surface area (Å²) in [5.41, 5.74) is 3.65. The third kappa shape index (κ3) is 5.13. The van der Waals surface area contributed by atoms with Crippen molar-refractivity contribution in [3.05, 3.63) is 93.8 Å². The number of hydrogen-bond acceptors (Lipinski definition) is 6. The van der Waals surface area contributed by atoms with Crippen LogP contribution in [-0.2, 0) is 23.1 Å². The van der Waals surface area contributed by atoms with Gasteiger partial charge in [-0.25, -0.2) is 14.8 Å². The summed E-state index contributed by atoms with van der Waals surface area (Å²) in [4.78, 5) is 41.6. The van der Waals surface area contributed by atoms with Gasteiger partial charge in [0.1, 0.15) is 16.4 Å². The maximum absolute atomic E-state index is 13.3. The van der Waals surface area contributed by atoms with Gasteiger partial charge in [0.2, 0.25) is 0 Å². The zero-order chi connectivity index (χ0) is 27.2. The number of nitrogens with one attached hydrogen (secondary N) is 1. The summed E-state index contributed by atoms with van der Waals surface area (Å²) >= 11 is 1.68. The summed E-state index contributed by atoms with van der Waals surface area (Å²) in [6, 6.07) is 18.8. The molecule has 1 aliphatic heterocycles. The lowest BCUT2D eigenvalue weighted by atomic mass is 9.93. The van der Waals surface area contributed by atoms with Gasteiger partial charge in [-0.15, -0.1) is 11.3 Å². The Kier molecular flexibility index (Phi) is 6.38. The van der Waals surface area contributed by atoms with Gasteiger partial charge in [0.05, 0.1) is 28.1 Å². The number of rotatable bonds is 4. The van der Waals surface area contributed by atoms with E-state index in [9.17, 15) is 9.59 Å². The molecule has 0 bridgehead atoms. The van der Waals surface area contributed by atoms with Crippen LogP contribution in [0.4, 0.5) is 4.79 Å². The first-order valence-electron chi connectivity index (χ1n) is 13.4. The lowest BCUT2D eigenvalue weighted by Gasteiger charge is -2.26. The van der Waals surface area contributed by atoms with Crippen molar-refractivity contribution in [2.24, 2.45) is 0 Å². The van der Waals surface area contributed by atoms with Crippen LogP contribution in [0.5, 0.6) is 0 Å². The molecular formula is C31H32N4O3S. The number of ether oxygens (including phenoxy) is 1. The standard InChI is InChI=1S/C31H32N4O3S/c1-30(2,3)38-29(37)35-16-8-13-24-23(19-35)26(36)34-28(33-24)31(14-15-31)22-12-7-11-21(17-22)27-32-18-25(39-27)20-9-5-4-6-10-20/h4-7,9-12,17-18H,8,13-16,19H2,1-3H3,(H,33,34,36). The van der Waals surface area contributed by atoms with E-state index in [1.807, 2.05) is 45.2 Å². The molecule has 6 rings (SSSR count). The minimum Gasteiger partial charge on any atom is -0.444 e. The Balaban J connectivity index is 1.29. The van der Waals surface area contributed by atoms with Crippen molar-refractivity contribution in [1.29, 1.82) is 0 Å². The molecule has 200 valence electrons. The highest BCUT2D eigenvalue weighted by Gasteiger charge is 2.49. The molecule has 8 heteroatoms. The molecule has 2 aromatic carbocycles. The number of benzene rings is 2. The van der Waals surface area contributed by atoms with Gasteiger partial charge < -0.3 is 14.6 Å².